The molecule has 0 aliphatic heterocycles. The SMILES string of the molecule is CCC(C)CC(CC(C)Cl)/C(=N\C)C(C)(C)C. The fourth-order valence-electron chi connectivity index (χ4n) is 2.49. The van der Waals surface area contributed by atoms with Crippen LogP contribution in [0.25, 0.3) is 0 Å². The summed E-state index contributed by atoms with van der Waals surface area (Å²) < 4.78 is 0. The number of aliphatic imine (C=N–C) groups is 1. The second kappa shape index (κ2) is 7.41. The summed E-state index contributed by atoms with van der Waals surface area (Å²) in [6, 6.07) is 0. The quantitative estimate of drug-likeness (QED) is 0.461. The Labute approximate surface area is 113 Å². The molecule has 3 unspecified atom stereocenters. The van der Waals surface area contributed by atoms with Gasteiger partial charge in [-0.05, 0) is 31.6 Å². The Bertz CT molecular complexity index is 238. The molecule has 0 heterocycles. The first-order chi connectivity index (χ1) is 7.72. The Morgan fingerprint density at radius 1 is 1.18 bits per heavy atom. The first-order valence-corrected chi connectivity index (χ1v) is 7.27. The molecule has 0 rings (SSSR count). The topological polar surface area (TPSA) is 12.4 Å². The summed E-state index contributed by atoms with van der Waals surface area (Å²) in [5.41, 5.74) is 1.48. The van der Waals surface area contributed by atoms with Crippen LogP contribution in [0.4, 0.5) is 0 Å². The third kappa shape index (κ3) is 6.45. The second-order valence-electron chi connectivity index (χ2n) is 6.32. The fraction of sp³-hybridized carbons (Fsp3) is 0.933. The minimum Gasteiger partial charge on any atom is -0.297 e. The van der Waals surface area contributed by atoms with E-state index in [2.05, 4.69) is 46.5 Å². The van der Waals surface area contributed by atoms with Gasteiger partial charge in [-0.25, -0.2) is 0 Å². The lowest BCUT2D eigenvalue weighted by molar-refractivity contribution is 0.407. The normalized spacial score (nSPS) is 18.9. The maximum absolute atomic E-state index is 6.20. The predicted octanol–water partition coefficient (Wildman–Crippen LogP) is 5.17. The monoisotopic (exact) mass is 259 g/mol. The molecule has 0 saturated heterocycles. The third-order valence-corrected chi connectivity index (χ3v) is 3.57. The number of hydrogen-bond donors (Lipinski definition) is 0. The molecule has 102 valence electrons. The molecule has 2 heteroatoms. The Kier molecular flexibility index (Phi) is 7.39. The molecule has 0 amide bonds. The van der Waals surface area contributed by atoms with E-state index in [1.807, 2.05) is 7.05 Å². The summed E-state index contributed by atoms with van der Waals surface area (Å²) in [5, 5.41) is 0.225. The van der Waals surface area contributed by atoms with Gasteiger partial charge in [0.25, 0.3) is 0 Å². The highest BCUT2D eigenvalue weighted by Crippen LogP contribution is 2.30. The summed E-state index contributed by atoms with van der Waals surface area (Å²) in [7, 11) is 1.92. The van der Waals surface area contributed by atoms with Crippen LogP contribution in [0, 0.1) is 17.3 Å². The average molecular weight is 260 g/mol. The Balaban J connectivity index is 4.89. The zero-order valence-corrected chi connectivity index (χ0v) is 13.4. The van der Waals surface area contributed by atoms with Crippen LogP contribution in [0.1, 0.15) is 60.8 Å². The number of rotatable bonds is 6. The van der Waals surface area contributed by atoms with Gasteiger partial charge in [-0.2, -0.15) is 0 Å². The van der Waals surface area contributed by atoms with Crippen molar-refractivity contribution in [3.05, 3.63) is 0 Å². The van der Waals surface area contributed by atoms with Gasteiger partial charge in [-0.15, -0.1) is 11.6 Å². The highest BCUT2D eigenvalue weighted by atomic mass is 35.5. The van der Waals surface area contributed by atoms with E-state index in [4.69, 9.17) is 11.6 Å². The Hall–Kier alpha value is -0.0400. The van der Waals surface area contributed by atoms with Crippen LogP contribution >= 0.6 is 11.6 Å². The molecule has 0 spiro atoms. The van der Waals surface area contributed by atoms with Crippen LogP contribution in [0.3, 0.4) is 0 Å². The molecule has 0 radical (unpaired) electrons. The highest BCUT2D eigenvalue weighted by molar-refractivity contribution is 6.20. The molecular formula is C15H30ClN. The summed E-state index contributed by atoms with van der Waals surface area (Å²) >= 11 is 6.20. The van der Waals surface area contributed by atoms with E-state index in [0.717, 1.165) is 12.3 Å². The molecule has 0 aliphatic rings. The summed E-state index contributed by atoms with van der Waals surface area (Å²) in [6.45, 7) is 13.4. The van der Waals surface area contributed by atoms with Gasteiger partial charge in [-0.1, -0.05) is 41.0 Å². The van der Waals surface area contributed by atoms with Crippen molar-refractivity contribution in [2.24, 2.45) is 22.2 Å². The van der Waals surface area contributed by atoms with Gasteiger partial charge in [0.05, 0.1) is 0 Å². The van der Waals surface area contributed by atoms with Crippen molar-refractivity contribution in [1.82, 2.24) is 0 Å². The van der Waals surface area contributed by atoms with Crippen molar-refractivity contribution < 1.29 is 0 Å². The number of nitrogens with zero attached hydrogens (tertiary/aromatic N) is 1. The van der Waals surface area contributed by atoms with Crippen LogP contribution in [-0.4, -0.2) is 18.1 Å². The van der Waals surface area contributed by atoms with Gasteiger partial charge in [0.1, 0.15) is 0 Å². The second-order valence-corrected chi connectivity index (χ2v) is 7.07. The summed E-state index contributed by atoms with van der Waals surface area (Å²) in [4.78, 5) is 4.56. The third-order valence-electron chi connectivity index (χ3n) is 3.39. The fourth-order valence-corrected chi connectivity index (χ4v) is 2.71. The van der Waals surface area contributed by atoms with Gasteiger partial charge in [0, 0.05) is 23.6 Å². The largest absolute Gasteiger partial charge is 0.297 e. The molecule has 0 aromatic heterocycles. The van der Waals surface area contributed by atoms with Crippen LogP contribution < -0.4 is 0 Å². The van der Waals surface area contributed by atoms with Crippen LogP contribution in [0.15, 0.2) is 4.99 Å². The molecule has 0 N–H and O–H groups in total. The average Bonchev–Trinajstić information content (AvgIpc) is 2.15. The summed E-state index contributed by atoms with van der Waals surface area (Å²) in [6.07, 6.45) is 3.47. The number of hydrogen-bond acceptors (Lipinski definition) is 1. The van der Waals surface area contributed by atoms with Crippen molar-refractivity contribution in [1.29, 1.82) is 0 Å². The molecule has 0 fully saturated rings. The lowest BCUT2D eigenvalue weighted by atomic mass is 9.76. The van der Waals surface area contributed by atoms with Crippen molar-refractivity contribution in [3.63, 3.8) is 0 Å². The standard InChI is InChI=1S/C15H30ClN/c1-8-11(2)9-13(10-12(3)16)14(17-7)15(4,5)6/h11-13H,8-10H2,1-7H3/b17-14+. The van der Waals surface area contributed by atoms with Gasteiger partial charge in [-0.3, -0.25) is 4.99 Å². The number of halogens is 1. The van der Waals surface area contributed by atoms with Crippen molar-refractivity contribution in [3.8, 4) is 0 Å². The van der Waals surface area contributed by atoms with E-state index in [0.29, 0.717) is 5.92 Å². The first kappa shape index (κ1) is 17.0. The molecule has 0 aromatic rings. The van der Waals surface area contributed by atoms with Gasteiger partial charge < -0.3 is 0 Å². The van der Waals surface area contributed by atoms with Gasteiger partial charge >= 0.3 is 0 Å². The van der Waals surface area contributed by atoms with Crippen LogP contribution in [0.2, 0.25) is 0 Å². The molecule has 0 saturated carbocycles. The minimum atomic E-state index is 0.151. The van der Waals surface area contributed by atoms with E-state index < -0.39 is 0 Å². The molecule has 0 aliphatic carbocycles. The molecule has 0 bridgehead atoms. The molecule has 0 aromatic carbocycles. The Morgan fingerprint density at radius 3 is 2.00 bits per heavy atom. The van der Waals surface area contributed by atoms with E-state index in [1.165, 1.54) is 18.6 Å². The lowest BCUT2D eigenvalue weighted by Gasteiger charge is -2.31. The molecular weight excluding hydrogens is 230 g/mol. The van der Waals surface area contributed by atoms with Crippen LogP contribution in [0.5, 0.6) is 0 Å². The zero-order valence-electron chi connectivity index (χ0n) is 12.7. The highest BCUT2D eigenvalue weighted by Gasteiger charge is 2.28. The molecule has 3 atom stereocenters. The van der Waals surface area contributed by atoms with Gasteiger partial charge in [0.2, 0.25) is 0 Å². The first-order valence-electron chi connectivity index (χ1n) is 6.83. The van der Waals surface area contributed by atoms with Crippen molar-refractivity contribution in [2.45, 2.75) is 66.2 Å². The van der Waals surface area contributed by atoms with Crippen molar-refractivity contribution in [2.75, 3.05) is 7.05 Å². The molecule has 1 nitrogen and oxygen atoms in total. The predicted molar refractivity (Wildman–Crippen MR) is 80.3 cm³/mol. The minimum absolute atomic E-state index is 0.151. The maximum atomic E-state index is 6.20. The van der Waals surface area contributed by atoms with E-state index in [9.17, 15) is 0 Å². The smallest absolute Gasteiger partial charge is 0.0314 e. The lowest BCUT2D eigenvalue weighted by Crippen LogP contribution is -2.31. The van der Waals surface area contributed by atoms with E-state index >= 15 is 0 Å². The Morgan fingerprint density at radius 2 is 1.71 bits per heavy atom. The van der Waals surface area contributed by atoms with Crippen LogP contribution in [-0.2, 0) is 0 Å². The zero-order chi connectivity index (χ0) is 13.6. The molecule has 17 heavy (non-hydrogen) atoms. The van der Waals surface area contributed by atoms with E-state index in [1.54, 1.807) is 0 Å². The summed E-state index contributed by atoms with van der Waals surface area (Å²) in [5.74, 6) is 1.27. The van der Waals surface area contributed by atoms with Crippen molar-refractivity contribution >= 4 is 17.3 Å². The van der Waals surface area contributed by atoms with Gasteiger partial charge in [0.15, 0.2) is 0 Å². The van der Waals surface area contributed by atoms with E-state index in [-0.39, 0.29) is 10.8 Å². The maximum Gasteiger partial charge on any atom is 0.0314 e. The number of alkyl halides is 1.